The average Bonchev–Trinajstić information content (AvgIpc) is 2.51. The highest BCUT2D eigenvalue weighted by atomic mass is 79.9. The highest BCUT2D eigenvalue weighted by Crippen LogP contribution is 2.31. The van der Waals surface area contributed by atoms with E-state index < -0.39 is 6.04 Å². The first-order valence-corrected chi connectivity index (χ1v) is 7.40. The Morgan fingerprint density at radius 3 is 2.85 bits per heavy atom. The maximum atomic E-state index is 12.7. The number of hydrogen-bond acceptors (Lipinski definition) is 3. The highest BCUT2D eigenvalue weighted by molar-refractivity contribution is 9.10. The monoisotopic (exact) mass is 335 g/mol. The fourth-order valence-corrected chi connectivity index (χ4v) is 2.86. The first-order chi connectivity index (χ1) is 9.44. The third-order valence-corrected chi connectivity index (χ3v) is 4.09. The lowest BCUT2D eigenvalue weighted by atomic mass is 9.93. The minimum absolute atomic E-state index is 0.0379. The van der Waals surface area contributed by atoms with Gasteiger partial charge in [-0.1, -0.05) is 26.0 Å². The number of nitriles is 1. The zero-order chi connectivity index (χ0) is 14.8. The van der Waals surface area contributed by atoms with Crippen molar-refractivity contribution in [3.8, 4) is 6.07 Å². The van der Waals surface area contributed by atoms with Gasteiger partial charge < -0.3 is 10.2 Å². The molecule has 20 heavy (non-hydrogen) atoms. The first-order valence-electron chi connectivity index (χ1n) is 6.61. The molecule has 1 fully saturated rings. The molecule has 1 unspecified atom stereocenters. The van der Waals surface area contributed by atoms with E-state index in [-0.39, 0.29) is 17.7 Å². The van der Waals surface area contributed by atoms with Crippen LogP contribution in [-0.4, -0.2) is 25.0 Å². The summed E-state index contributed by atoms with van der Waals surface area (Å²) in [5, 5.41) is 12.1. The molecule has 0 spiro atoms. The molecule has 0 bridgehead atoms. The molecule has 1 saturated heterocycles. The zero-order valence-corrected chi connectivity index (χ0v) is 13.3. The molecule has 0 saturated carbocycles. The van der Waals surface area contributed by atoms with Crippen molar-refractivity contribution in [1.29, 1.82) is 5.26 Å². The van der Waals surface area contributed by atoms with Crippen molar-refractivity contribution < 1.29 is 4.79 Å². The molecule has 0 radical (unpaired) electrons. The lowest BCUT2D eigenvalue weighted by molar-refractivity contribution is -0.120. The Labute approximate surface area is 127 Å². The van der Waals surface area contributed by atoms with Crippen LogP contribution < -0.4 is 10.2 Å². The largest absolute Gasteiger partial charge is 0.309 e. The van der Waals surface area contributed by atoms with E-state index in [0.29, 0.717) is 13.1 Å². The minimum Gasteiger partial charge on any atom is -0.309 e. The summed E-state index contributed by atoms with van der Waals surface area (Å²) in [4.78, 5) is 14.5. The Balaban J connectivity index is 2.39. The number of para-hydroxylation sites is 1. The van der Waals surface area contributed by atoms with E-state index in [9.17, 15) is 4.79 Å². The number of amides is 1. The molecule has 1 N–H and O–H groups in total. The van der Waals surface area contributed by atoms with Gasteiger partial charge in [0.25, 0.3) is 0 Å². The Bertz CT molecular complexity index is 550. The molecule has 1 aliphatic heterocycles. The number of rotatable bonds is 2. The van der Waals surface area contributed by atoms with Gasteiger partial charge in [0.1, 0.15) is 6.04 Å². The lowest BCUT2D eigenvalue weighted by Gasteiger charge is -2.30. The van der Waals surface area contributed by atoms with E-state index in [1.54, 1.807) is 4.90 Å². The van der Waals surface area contributed by atoms with Crippen molar-refractivity contribution in [1.82, 2.24) is 5.32 Å². The van der Waals surface area contributed by atoms with Crippen LogP contribution in [0.15, 0.2) is 28.7 Å². The molecule has 0 aliphatic carbocycles. The van der Waals surface area contributed by atoms with Crippen LogP contribution in [0.3, 0.4) is 0 Å². The molecule has 1 amide bonds. The Kier molecular flexibility index (Phi) is 4.46. The van der Waals surface area contributed by atoms with Crippen LogP contribution in [0.1, 0.15) is 20.3 Å². The van der Waals surface area contributed by atoms with Crippen LogP contribution in [0, 0.1) is 16.7 Å². The smallest absolute Gasteiger partial charge is 0.245 e. The van der Waals surface area contributed by atoms with E-state index in [4.69, 9.17) is 5.26 Å². The quantitative estimate of drug-likeness (QED) is 0.903. The summed E-state index contributed by atoms with van der Waals surface area (Å²) in [6, 6.07) is 9.34. The van der Waals surface area contributed by atoms with E-state index in [1.807, 2.05) is 24.3 Å². The van der Waals surface area contributed by atoms with Gasteiger partial charge in [0, 0.05) is 17.6 Å². The van der Waals surface area contributed by atoms with Gasteiger partial charge in [-0.15, -0.1) is 0 Å². The van der Waals surface area contributed by atoms with Crippen LogP contribution in [0.2, 0.25) is 0 Å². The molecular formula is C15H18BrN3O. The van der Waals surface area contributed by atoms with Crippen LogP contribution in [0.5, 0.6) is 0 Å². The molecule has 5 heteroatoms. The number of nitrogens with one attached hydrogen (secondary N) is 1. The average molecular weight is 336 g/mol. The number of nitrogens with zero attached hydrogens (tertiary/aromatic N) is 2. The number of anilines is 1. The van der Waals surface area contributed by atoms with Crippen LogP contribution in [-0.2, 0) is 4.79 Å². The summed E-state index contributed by atoms with van der Waals surface area (Å²) in [7, 11) is 0. The molecule has 2 rings (SSSR count). The summed E-state index contributed by atoms with van der Waals surface area (Å²) in [5.74, 6) is -0.0379. The second kappa shape index (κ2) is 5.94. The molecule has 1 heterocycles. The number of carbonyl (C=O) groups is 1. The summed E-state index contributed by atoms with van der Waals surface area (Å²) in [6.45, 7) is 5.58. The predicted molar refractivity (Wildman–Crippen MR) is 82.3 cm³/mol. The van der Waals surface area contributed by atoms with Gasteiger partial charge >= 0.3 is 0 Å². The van der Waals surface area contributed by atoms with E-state index >= 15 is 0 Å². The van der Waals surface area contributed by atoms with E-state index in [0.717, 1.165) is 10.2 Å². The first kappa shape index (κ1) is 15.0. The molecule has 1 aromatic rings. The topological polar surface area (TPSA) is 56.1 Å². The van der Waals surface area contributed by atoms with E-state index in [1.165, 1.54) is 0 Å². The fourth-order valence-electron chi connectivity index (χ4n) is 2.36. The van der Waals surface area contributed by atoms with Gasteiger partial charge in [0.15, 0.2) is 0 Å². The molecule has 1 aromatic carbocycles. The number of halogens is 1. The van der Waals surface area contributed by atoms with Crippen molar-refractivity contribution in [3.63, 3.8) is 0 Å². The van der Waals surface area contributed by atoms with Crippen molar-refractivity contribution in [2.45, 2.75) is 26.3 Å². The Morgan fingerprint density at radius 2 is 2.20 bits per heavy atom. The molecule has 0 aromatic heterocycles. The SMILES string of the molecule is CC1(C)CNC(CC#N)C(=O)N(c2ccccc2Br)C1. The van der Waals surface area contributed by atoms with Gasteiger partial charge in [-0.2, -0.15) is 5.26 Å². The van der Waals surface area contributed by atoms with Gasteiger partial charge in [0.2, 0.25) is 5.91 Å². The maximum Gasteiger partial charge on any atom is 0.245 e. The van der Waals surface area contributed by atoms with Crippen molar-refractivity contribution in [2.75, 3.05) is 18.0 Å². The molecular weight excluding hydrogens is 318 g/mol. The zero-order valence-electron chi connectivity index (χ0n) is 11.7. The number of hydrogen-bond donors (Lipinski definition) is 1. The van der Waals surface area contributed by atoms with Crippen LogP contribution in [0.4, 0.5) is 5.69 Å². The van der Waals surface area contributed by atoms with Crippen LogP contribution >= 0.6 is 15.9 Å². The number of carbonyl (C=O) groups excluding carboxylic acids is 1. The third-order valence-electron chi connectivity index (χ3n) is 3.42. The normalized spacial score (nSPS) is 22.2. The fraction of sp³-hybridized carbons (Fsp3) is 0.467. The third kappa shape index (κ3) is 3.20. The summed E-state index contributed by atoms with van der Waals surface area (Å²) in [5.41, 5.74) is 0.812. The van der Waals surface area contributed by atoms with E-state index in [2.05, 4.69) is 41.2 Å². The molecule has 4 nitrogen and oxygen atoms in total. The van der Waals surface area contributed by atoms with Gasteiger partial charge in [-0.25, -0.2) is 0 Å². The highest BCUT2D eigenvalue weighted by Gasteiger charge is 2.35. The molecule has 106 valence electrons. The second-order valence-corrected chi connectivity index (χ2v) is 6.69. The van der Waals surface area contributed by atoms with Gasteiger partial charge in [0.05, 0.1) is 18.2 Å². The predicted octanol–water partition coefficient (Wildman–Crippen LogP) is 2.69. The maximum absolute atomic E-state index is 12.7. The van der Waals surface area contributed by atoms with Crippen molar-refractivity contribution in [2.24, 2.45) is 5.41 Å². The number of benzene rings is 1. The Hall–Kier alpha value is -1.38. The molecule has 1 atom stereocenters. The van der Waals surface area contributed by atoms with Crippen LogP contribution in [0.25, 0.3) is 0 Å². The summed E-state index contributed by atoms with van der Waals surface area (Å²) in [6.07, 6.45) is 0.190. The molecule has 1 aliphatic rings. The second-order valence-electron chi connectivity index (χ2n) is 5.84. The van der Waals surface area contributed by atoms with Gasteiger partial charge in [-0.3, -0.25) is 4.79 Å². The van der Waals surface area contributed by atoms with Gasteiger partial charge in [-0.05, 0) is 33.5 Å². The van der Waals surface area contributed by atoms with Crippen molar-refractivity contribution >= 4 is 27.5 Å². The lowest BCUT2D eigenvalue weighted by Crippen LogP contribution is -2.43. The summed E-state index contributed by atoms with van der Waals surface area (Å²) >= 11 is 3.50. The summed E-state index contributed by atoms with van der Waals surface area (Å²) < 4.78 is 0.891. The van der Waals surface area contributed by atoms with Crippen molar-refractivity contribution in [3.05, 3.63) is 28.7 Å². The standard InChI is InChI=1S/C15H18BrN3O/c1-15(2)9-18-12(7-8-17)14(20)19(10-15)13-6-4-3-5-11(13)16/h3-6,12,18H,7,9-10H2,1-2H3. The Morgan fingerprint density at radius 1 is 1.50 bits per heavy atom. The minimum atomic E-state index is -0.436.